The third kappa shape index (κ3) is 3.36. The van der Waals surface area contributed by atoms with Crippen LogP contribution in [0.15, 0.2) is 12.2 Å². The Bertz CT molecular complexity index is 1120. The molecule has 5 fully saturated rings. The van der Waals surface area contributed by atoms with Crippen molar-refractivity contribution < 1.29 is 42.9 Å². The van der Waals surface area contributed by atoms with E-state index in [4.69, 9.17) is 23.7 Å². The number of Topliss-reactive ketones (excluding diaryl/α,β-unsaturated/α-hetero) is 1. The number of carbonyl (C=O) groups excluding carboxylic acids is 4. The highest BCUT2D eigenvalue weighted by atomic mass is 16.7. The zero-order chi connectivity index (χ0) is 28.2. The molecule has 1 aliphatic heterocycles. The van der Waals surface area contributed by atoms with Crippen molar-refractivity contribution in [1.29, 1.82) is 0 Å². The van der Waals surface area contributed by atoms with Crippen LogP contribution >= 0.6 is 0 Å². The van der Waals surface area contributed by atoms with Gasteiger partial charge in [-0.3, -0.25) is 19.2 Å². The normalized spacial score (nSPS) is 45.9. The van der Waals surface area contributed by atoms with E-state index in [2.05, 4.69) is 27.4 Å². The molecule has 5 rings (SSSR count). The van der Waals surface area contributed by atoms with E-state index in [1.807, 2.05) is 0 Å². The Labute approximate surface area is 223 Å². The molecule has 0 aromatic heterocycles. The standard InChI is InChI=1S/C29H40O9/c1-14-23(33)29-21-12-19-25(5,6)11-10-20(35-16(3)31)27(19,9)22(29)18(34-15(2)30)13-28(14,36-17(4)32)24(29)38-26(7,8)37-21/h18-22,24H,1,10-13H2,2-9H3/t18-,19+,20-,21-,22+,24-,27+,28-,29-/m1/s1. The molecule has 9 nitrogen and oxygen atoms in total. The van der Waals surface area contributed by atoms with Crippen molar-refractivity contribution in [2.24, 2.45) is 28.1 Å². The molecular weight excluding hydrogens is 492 g/mol. The van der Waals surface area contributed by atoms with Gasteiger partial charge in [-0.05, 0) is 44.4 Å². The quantitative estimate of drug-likeness (QED) is 0.305. The molecule has 0 aromatic rings. The smallest absolute Gasteiger partial charge is 0.303 e. The van der Waals surface area contributed by atoms with Crippen LogP contribution in [-0.4, -0.2) is 59.5 Å². The highest BCUT2D eigenvalue weighted by Crippen LogP contribution is 2.75. The Morgan fingerprint density at radius 2 is 1.58 bits per heavy atom. The molecule has 0 amide bonds. The lowest BCUT2D eigenvalue weighted by Crippen LogP contribution is -2.78. The van der Waals surface area contributed by atoms with Crippen molar-refractivity contribution in [2.75, 3.05) is 0 Å². The second kappa shape index (κ2) is 8.13. The minimum atomic E-state index is -1.51. The Balaban J connectivity index is 1.82. The highest BCUT2D eigenvalue weighted by Gasteiger charge is 2.85. The molecule has 4 aliphatic carbocycles. The SMILES string of the molecule is C=C1C(=O)[C@@]23[C@H]4C[C@H]5C(C)(C)CC[C@@H](OC(C)=O)[C@@]5(C)[C@@H]2[C@H](OC(C)=O)C[C@]1(OC(C)=O)[C@H]3OC(C)(C)O4. The van der Waals surface area contributed by atoms with E-state index in [1.54, 1.807) is 13.8 Å². The maximum absolute atomic E-state index is 14.6. The summed E-state index contributed by atoms with van der Waals surface area (Å²) in [5.41, 5.74) is -3.69. The summed E-state index contributed by atoms with van der Waals surface area (Å²) in [6.45, 7) is 18.2. The van der Waals surface area contributed by atoms with E-state index in [9.17, 15) is 19.2 Å². The van der Waals surface area contributed by atoms with Gasteiger partial charge in [-0.1, -0.05) is 27.4 Å². The molecule has 9 heteroatoms. The molecule has 1 spiro atoms. The van der Waals surface area contributed by atoms with E-state index in [-0.39, 0.29) is 29.1 Å². The average molecular weight is 533 g/mol. The number of esters is 3. The molecule has 0 unspecified atom stereocenters. The number of fused-ring (bicyclic) bond motifs is 2. The van der Waals surface area contributed by atoms with Crippen molar-refractivity contribution in [3.05, 3.63) is 12.2 Å². The molecular formula is C29H40O9. The number of ether oxygens (including phenoxy) is 5. The van der Waals surface area contributed by atoms with E-state index >= 15 is 0 Å². The predicted octanol–water partition coefficient (Wildman–Crippen LogP) is 3.66. The van der Waals surface area contributed by atoms with E-state index in [0.717, 1.165) is 6.42 Å². The maximum atomic E-state index is 14.6. The van der Waals surface area contributed by atoms with Crippen LogP contribution in [0.4, 0.5) is 0 Å². The topological polar surface area (TPSA) is 114 Å². The van der Waals surface area contributed by atoms with Crippen LogP contribution in [0.25, 0.3) is 0 Å². The number of hydrogen-bond acceptors (Lipinski definition) is 9. The van der Waals surface area contributed by atoms with Gasteiger partial charge < -0.3 is 23.7 Å². The van der Waals surface area contributed by atoms with Gasteiger partial charge in [0.25, 0.3) is 0 Å². The van der Waals surface area contributed by atoms with E-state index < -0.39 is 70.5 Å². The van der Waals surface area contributed by atoms with Crippen LogP contribution < -0.4 is 0 Å². The van der Waals surface area contributed by atoms with Crippen molar-refractivity contribution in [3.8, 4) is 0 Å². The Hall–Kier alpha value is -2.26. The van der Waals surface area contributed by atoms with E-state index in [0.29, 0.717) is 12.8 Å². The summed E-state index contributed by atoms with van der Waals surface area (Å²) in [7, 11) is 0. The van der Waals surface area contributed by atoms with Gasteiger partial charge in [-0.15, -0.1) is 0 Å². The van der Waals surface area contributed by atoms with Crippen LogP contribution in [0.3, 0.4) is 0 Å². The molecule has 210 valence electrons. The van der Waals surface area contributed by atoms with Gasteiger partial charge in [0.15, 0.2) is 17.2 Å². The van der Waals surface area contributed by atoms with Gasteiger partial charge in [0, 0.05) is 44.1 Å². The summed E-state index contributed by atoms with van der Waals surface area (Å²) in [6, 6.07) is 0. The van der Waals surface area contributed by atoms with Crippen LogP contribution in [0.5, 0.6) is 0 Å². The number of ketones is 1. The molecule has 1 heterocycles. The lowest BCUT2D eigenvalue weighted by molar-refractivity contribution is -0.406. The number of hydrogen-bond donors (Lipinski definition) is 0. The van der Waals surface area contributed by atoms with Gasteiger partial charge >= 0.3 is 17.9 Å². The highest BCUT2D eigenvalue weighted by molar-refractivity contribution is 6.07. The van der Waals surface area contributed by atoms with Crippen molar-refractivity contribution in [1.82, 2.24) is 0 Å². The first-order valence-electron chi connectivity index (χ1n) is 13.6. The van der Waals surface area contributed by atoms with Crippen molar-refractivity contribution in [2.45, 2.75) is 117 Å². The van der Waals surface area contributed by atoms with Gasteiger partial charge in [0.2, 0.25) is 0 Å². The Morgan fingerprint density at radius 1 is 0.947 bits per heavy atom. The minimum Gasteiger partial charge on any atom is -0.462 e. The largest absolute Gasteiger partial charge is 0.462 e. The minimum absolute atomic E-state index is 0.0200. The second-order valence-electron chi connectivity index (χ2n) is 13.3. The van der Waals surface area contributed by atoms with Crippen molar-refractivity contribution >= 4 is 23.7 Å². The summed E-state index contributed by atoms with van der Waals surface area (Å²) in [5.74, 6) is -3.55. The molecule has 1 saturated heterocycles. The summed E-state index contributed by atoms with van der Waals surface area (Å²) >= 11 is 0. The molecule has 9 atom stereocenters. The summed E-state index contributed by atoms with van der Waals surface area (Å²) in [5, 5.41) is 0. The second-order valence-corrected chi connectivity index (χ2v) is 13.3. The molecule has 0 radical (unpaired) electrons. The number of carbonyl (C=O) groups is 4. The van der Waals surface area contributed by atoms with Gasteiger partial charge in [-0.2, -0.15) is 0 Å². The molecule has 2 bridgehead atoms. The third-order valence-corrected chi connectivity index (χ3v) is 10.3. The average Bonchev–Trinajstić information content (AvgIpc) is 2.86. The molecule has 5 aliphatic rings. The van der Waals surface area contributed by atoms with Gasteiger partial charge in [0.05, 0.1) is 11.5 Å². The maximum Gasteiger partial charge on any atom is 0.303 e. The Morgan fingerprint density at radius 3 is 2.16 bits per heavy atom. The summed E-state index contributed by atoms with van der Waals surface area (Å²) in [6.07, 6.45) is -0.921. The van der Waals surface area contributed by atoms with Crippen LogP contribution in [0.1, 0.15) is 81.1 Å². The molecule has 38 heavy (non-hydrogen) atoms. The van der Waals surface area contributed by atoms with Crippen LogP contribution in [0.2, 0.25) is 0 Å². The fourth-order valence-corrected chi connectivity index (χ4v) is 9.37. The molecule has 0 aromatic carbocycles. The first-order valence-corrected chi connectivity index (χ1v) is 13.6. The molecule has 0 N–H and O–H groups in total. The van der Waals surface area contributed by atoms with Crippen LogP contribution in [0, 0.1) is 28.1 Å². The van der Waals surface area contributed by atoms with Crippen LogP contribution in [-0.2, 0) is 42.9 Å². The fraction of sp³-hybridized carbons (Fsp3) is 0.793. The first kappa shape index (κ1) is 27.3. The monoisotopic (exact) mass is 532 g/mol. The summed E-state index contributed by atoms with van der Waals surface area (Å²) < 4.78 is 31.1. The zero-order valence-corrected chi connectivity index (χ0v) is 23.7. The van der Waals surface area contributed by atoms with Gasteiger partial charge in [-0.25, -0.2) is 0 Å². The zero-order valence-electron chi connectivity index (χ0n) is 23.7. The number of rotatable bonds is 3. The Kier molecular flexibility index (Phi) is 5.84. The predicted molar refractivity (Wildman–Crippen MR) is 133 cm³/mol. The third-order valence-electron chi connectivity index (χ3n) is 10.3. The van der Waals surface area contributed by atoms with Crippen molar-refractivity contribution in [3.63, 3.8) is 0 Å². The van der Waals surface area contributed by atoms with Gasteiger partial charge in [0.1, 0.15) is 18.3 Å². The lowest BCUT2D eigenvalue weighted by atomic mass is 9.38. The summed E-state index contributed by atoms with van der Waals surface area (Å²) in [4.78, 5) is 51.9. The van der Waals surface area contributed by atoms with E-state index in [1.165, 1.54) is 20.8 Å². The fourth-order valence-electron chi connectivity index (χ4n) is 9.37. The first-order chi connectivity index (χ1) is 17.4. The molecule has 4 saturated carbocycles. The lowest BCUT2D eigenvalue weighted by Gasteiger charge is -2.70.